The zero-order chi connectivity index (χ0) is 14.1. The lowest BCUT2D eigenvalue weighted by atomic mass is 9.93. The topological polar surface area (TPSA) is 55.3 Å². The van der Waals surface area contributed by atoms with Crippen LogP contribution in [0.3, 0.4) is 0 Å². The zero-order valence-corrected chi connectivity index (χ0v) is 12.5. The summed E-state index contributed by atoms with van der Waals surface area (Å²) in [6.07, 6.45) is 9.55. The van der Waals surface area contributed by atoms with Crippen LogP contribution in [0.4, 0.5) is 11.4 Å². The second-order valence-corrected chi connectivity index (χ2v) is 6.31. The monoisotopic (exact) mass is 291 g/mol. The van der Waals surface area contributed by atoms with Crippen LogP contribution in [0.5, 0.6) is 0 Å². The van der Waals surface area contributed by atoms with Gasteiger partial charge in [0.1, 0.15) is 0 Å². The normalized spacial score (nSPS) is 18.8. The van der Waals surface area contributed by atoms with Gasteiger partial charge >= 0.3 is 0 Å². The van der Waals surface area contributed by atoms with Gasteiger partial charge in [0.2, 0.25) is 0 Å². The predicted molar refractivity (Wildman–Crippen MR) is 86.6 cm³/mol. The summed E-state index contributed by atoms with van der Waals surface area (Å²) in [4.78, 5) is 0. The molecule has 0 aromatic heterocycles. The summed E-state index contributed by atoms with van der Waals surface area (Å²) in [6.45, 7) is 0.864. The van der Waals surface area contributed by atoms with E-state index in [2.05, 4.69) is 12.1 Å². The van der Waals surface area contributed by atoms with Crippen molar-refractivity contribution in [2.24, 2.45) is 11.8 Å². The van der Waals surface area contributed by atoms with Gasteiger partial charge in [0, 0.05) is 6.54 Å². The molecule has 2 aliphatic rings. The van der Waals surface area contributed by atoms with Crippen LogP contribution in [0.2, 0.25) is 5.02 Å². The molecular formula is C16H22ClN3. The Morgan fingerprint density at radius 1 is 1.25 bits per heavy atom. The molecule has 3 rings (SSSR count). The quantitative estimate of drug-likeness (QED) is 0.501. The summed E-state index contributed by atoms with van der Waals surface area (Å²) < 4.78 is 0. The van der Waals surface area contributed by atoms with Crippen LogP contribution >= 0.6 is 11.6 Å². The van der Waals surface area contributed by atoms with Gasteiger partial charge in [0.15, 0.2) is 0 Å². The summed E-state index contributed by atoms with van der Waals surface area (Å²) in [5.41, 5.74) is 10.1. The number of nitrogens with two attached hydrogens (primary N) is 2. The van der Waals surface area contributed by atoms with Crippen molar-refractivity contribution in [2.75, 3.05) is 17.3 Å². The van der Waals surface area contributed by atoms with E-state index in [-0.39, 0.29) is 0 Å². The Bertz CT molecular complexity index is 535. The SMILES string of the molecule is Nc1c(N(N)CC2CC2)ccc(C2=CCCCC2)c1Cl. The van der Waals surface area contributed by atoms with Crippen molar-refractivity contribution < 1.29 is 0 Å². The molecule has 0 spiro atoms. The number of nitrogens with zero attached hydrogens (tertiary/aromatic N) is 1. The third-order valence-electron chi connectivity index (χ3n) is 4.25. The molecule has 1 aromatic carbocycles. The van der Waals surface area contributed by atoms with E-state index in [1.165, 1.54) is 31.3 Å². The molecule has 20 heavy (non-hydrogen) atoms. The minimum absolute atomic E-state index is 0.610. The molecule has 1 aromatic rings. The van der Waals surface area contributed by atoms with Crippen LogP contribution in [0, 0.1) is 5.92 Å². The van der Waals surface area contributed by atoms with E-state index in [1.807, 2.05) is 6.07 Å². The molecule has 1 fully saturated rings. The van der Waals surface area contributed by atoms with Gasteiger partial charge in [-0.25, -0.2) is 5.84 Å². The second kappa shape index (κ2) is 5.66. The second-order valence-electron chi connectivity index (χ2n) is 5.93. The molecule has 108 valence electrons. The van der Waals surface area contributed by atoms with Gasteiger partial charge in [0.05, 0.1) is 16.4 Å². The van der Waals surface area contributed by atoms with Crippen LogP contribution in [0.25, 0.3) is 5.57 Å². The third kappa shape index (κ3) is 2.79. The molecule has 1 saturated carbocycles. The maximum Gasteiger partial charge on any atom is 0.0762 e. The average Bonchev–Trinajstić information content (AvgIpc) is 3.26. The van der Waals surface area contributed by atoms with Crippen molar-refractivity contribution >= 4 is 28.5 Å². The molecular weight excluding hydrogens is 270 g/mol. The first-order valence-corrected chi connectivity index (χ1v) is 7.84. The van der Waals surface area contributed by atoms with Crippen LogP contribution in [-0.2, 0) is 0 Å². The first kappa shape index (κ1) is 13.8. The maximum atomic E-state index is 6.48. The minimum Gasteiger partial charge on any atom is -0.396 e. The number of hydrogen-bond donors (Lipinski definition) is 2. The number of allylic oxidation sites excluding steroid dienone is 2. The fraction of sp³-hybridized carbons (Fsp3) is 0.500. The summed E-state index contributed by atoms with van der Waals surface area (Å²) in [5, 5.41) is 2.40. The number of halogens is 1. The van der Waals surface area contributed by atoms with Crippen LogP contribution < -0.4 is 16.6 Å². The van der Waals surface area contributed by atoms with E-state index in [9.17, 15) is 0 Å². The van der Waals surface area contributed by atoms with Crippen molar-refractivity contribution in [3.63, 3.8) is 0 Å². The lowest BCUT2D eigenvalue weighted by molar-refractivity contribution is 0.741. The molecule has 0 aliphatic heterocycles. The number of hydrogen-bond acceptors (Lipinski definition) is 3. The fourth-order valence-electron chi connectivity index (χ4n) is 2.84. The molecule has 0 atom stereocenters. The van der Waals surface area contributed by atoms with E-state index < -0.39 is 0 Å². The van der Waals surface area contributed by atoms with E-state index in [1.54, 1.807) is 5.01 Å². The first-order chi connectivity index (χ1) is 9.66. The highest BCUT2D eigenvalue weighted by Crippen LogP contribution is 2.39. The Balaban J connectivity index is 1.87. The highest BCUT2D eigenvalue weighted by molar-refractivity contribution is 6.35. The highest BCUT2D eigenvalue weighted by atomic mass is 35.5. The van der Waals surface area contributed by atoms with Crippen molar-refractivity contribution in [1.29, 1.82) is 0 Å². The Hall–Kier alpha value is -1.19. The lowest BCUT2D eigenvalue weighted by Gasteiger charge is -2.23. The number of nitrogen functional groups attached to an aromatic ring is 1. The van der Waals surface area contributed by atoms with Gasteiger partial charge in [0.25, 0.3) is 0 Å². The molecule has 0 bridgehead atoms. The minimum atomic E-state index is 0.610. The molecule has 0 heterocycles. The van der Waals surface area contributed by atoms with Gasteiger partial charge < -0.3 is 10.7 Å². The Morgan fingerprint density at radius 2 is 2.05 bits per heavy atom. The van der Waals surface area contributed by atoms with E-state index in [0.29, 0.717) is 10.7 Å². The van der Waals surface area contributed by atoms with Gasteiger partial charge in [-0.1, -0.05) is 23.7 Å². The average molecular weight is 292 g/mol. The van der Waals surface area contributed by atoms with Gasteiger partial charge in [-0.05, 0) is 61.6 Å². The molecule has 0 unspecified atom stereocenters. The van der Waals surface area contributed by atoms with Crippen LogP contribution in [0.15, 0.2) is 18.2 Å². The van der Waals surface area contributed by atoms with Crippen molar-refractivity contribution in [3.05, 3.63) is 28.8 Å². The summed E-state index contributed by atoms with van der Waals surface area (Å²) in [7, 11) is 0. The van der Waals surface area contributed by atoms with Crippen molar-refractivity contribution in [2.45, 2.75) is 38.5 Å². The first-order valence-electron chi connectivity index (χ1n) is 7.46. The maximum absolute atomic E-state index is 6.48. The smallest absolute Gasteiger partial charge is 0.0762 e. The molecule has 0 saturated heterocycles. The molecule has 0 radical (unpaired) electrons. The van der Waals surface area contributed by atoms with Gasteiger partial charge in [-0.3, -0.25) is 0 Å². The van der Waals surface area contributed by atoms with E-state index in [0.717, 1.165) is 36.6 Å². The number of anilines is 2. The van der Waals surface area contributed by atoms with Gasteiger partial charge in [-0.15, -0.1) is 0 Å². The molecule has 3 nitrogen and oxygen atoms in total. The molecule has 4 N–H and O–H groups in total. The van der Waals surface area contributed by atoms with E-state index in [4.69, 9.17) is 23.2 Å². The molecule has 4 heteroatoms. The highest BCUT2D eigenvalue weighted by Gasteiger charge is 2.25. The standard InChI is InChI=1S/C16H22ClN3/c17-15-13(12-4-2-1-3-5-12)8-9-14(16(15)18)20(19)10-11-6-7-11/h4,8-9,11H,1-3,5-7,10,18-19H2. The lowest BCUT2D eigenvalue weighted by Crippen LogP contribution is -2.33. The number of hydrazine groups is 1. The van der Waals surface area contributed by atoms with Crippen LogP contribution in [-0.4, -0.2) is 6.54 Å². The number of rotatable bonds is 4. The summed E-state index contributed by atoms with van der Waals surface area (Å²) in [6, 6.07) is 4.08. The Kier molecular flexibility index (Phi) is 3.90. The molecule has 0 amide bonds. The Labute approximate surface area is 125 Å². The van der Waals surface area contributed by atoms with E-state index >= 15 is 0 Å². The largest absolute Gasteiger partial charge is 0.396 e. The molecule has 2 aliphatic carbocycles. The predicted octanol–water partition coefficient (Wildman–Crippen LogP) is 3.97. The zero-order valence-electron chi connectivity index (χ0n) is 11.7. The summed E-state index contributed by atoms with van der Waals surface area (Å²) >= 11 is 6.48. The Morgan fingerprint density at radius 3 is 2.70 bits per heavy atom. The third-order valence-corrected chi connectivity index (χ3v) is 4.66. The van der Waals surface area contributed by atoms with Crippen molar-refractivity contribution in [3.8, 4) is 0 Å². The number of benzene rings is 1. The van der Waals surface area contributed by atoms with Crippen molar-refractivity contribution in [1.82, 2.24) is 0 Å². The summed E-state index contributed by atoms with van der Waals surface area (Å²) in [5.74, 6) is 6.84. The van der Waals surface area contributed by atoms with Gasteiger partial charge in [-0.2, -0.15) is 0 Å². The fourth-order valence-corrected chi connectivity index (χ4v) is 3.12. The van der Waals surface area contributed by atoms with Crippen LogP contribution in [0.1, 0.15) is 44.1 Å².